The highest BCUT2D eigenvalue weighted by Gasteiger charge is 2.38. The fourth-order valence-electron chi connectivity index (χ4n) is 2.29. The third-order valence-electron chi connectivity index (χ3n) is 2.77. The maximum atomic E-state index is 10.5. The maximum Gasteiger partial charge on any atom is 0.0953 e. The van der Waals surface area contributed by atoms with Crippen LogP contribution < -0.4 is 0 Å². The molecule has 0 aliphatic carbocycles. The molecular formula is C11H16O2S. The second-order valence-electron chi connectivity index (χ2n) is 4.21. The summed E-state index contributed by atoms with van der Waals surface area (Å²) in [5.74, 6) is 0. The molecule has 1 aliphatic heterocycles. The zero-order valence-corrected chi connectivity index (χ0v) is 9.38. The van der Waals surface area contributed by atoms with Gasteiger partial charge in [0.2, 0.25) is 0 Å². The van der Waals surface area contributed by atoms with E-state index in [1.807, 2.05) is 30.7 Å². The van der Waals surface area contributed by atoms with Crippen molar-refractivity contribution in [3.8, 4) is 0 Å². The normalized spacial score (nSPS) is 38.5. The molecule has 0 saturated carbocycles. The molecule has 1 aromatic heterocycles. The first-order valence-electron chi connectivity index (χ1n) is 5.01. The number of hydrogen-bond acceptors (Lipinski definition) is 3. The van der Waals surface area contributed by atoms with Crippen LogP contribution in [0.15, 0.2) is 16.8 Å². The second kappa shape index (κ2) is 3.65. The van der Waals surface area contributed by atoms with Gasteiger partial charge in [-0.2, -0.15) is 11.3 Å². The molecule has 2 unspecified atom stereocenters. The van der Waals surface area contributed by atoms with Crippen molar-refractivity contribution in [2.45, 2.75) is 44.5 Å². The van der Waals surface area contributed by atoms with E-state index >= 15 is 0 Å². The van der Waals surface area contributed by atoms with Crippen LogP contribution in [0.2, 0.25) is 0 Å². The summed E-state index contributed by atoms with van der Waals surface area (Å²) >= 11 is 1.63. The maximum absolute atomic E-state index is 10.5. The third kappa shape index (κ3) is 1.85. The summed E-state index contributed by atoms with van der Waals surface area (Å²) < 4.78 is 5.62. The number of aliphatic hydroxyl groups is 1. The Hall–Kier alpha value is -0.380. The summed E-state index contributed by atoms with van der Waals surface area (Å²) in [4.78, 5) is 0. The summed E-state index contributed by atoms with van der Waals surface area (Å²) in [5.41, 5.74) is 0.376. The van der Waals surface area contributed by atoms with Gasteiger partial charge in [-0.05, 0) is 36.2 Å². The Morgan fingerprint density at radius 2 is 2.07 bits per heavy atom. The number of ether oxygens (including phenoxy) is 1. The Bertz CT molecular complexity index is 284. The lowest BCUT2D eigenvalue weighted by molar-refractivity contribution is -0.135. The SMILES string of the molecule is CC1CC(O)(c2ccsc2)CC(C)O1. The molecule has 1 fully saturated rings. The van der Waals surface area contributed by atoms with Gasteiger partial charge in [0.25, 0.3) is 0 Å². The third-order valence-corrected chi connectivity index (χ3v) is 3.46. The molecule has 2 atom stereocenters. The van der Waals surface area contributed by atoms with Gasteiger partial charge in [-0.3, -0.25) is 0 Å². The van der Waals surface area contributed by atoms with Gasteiger partial charge in [0.05, 0.1) is 17.8 Å². The predicted octanol–water partition coefficient (Wildman–Crippen LogP) is 2.52. The first-order chi connectivity index (χ1) is 6.60. The van der Waals surface area contributed by atoms with Crippen LogP contribution in [0.3, 0.4) is 0 Å². The van der Waals surface area contributed by atoms with E-state index in [-0.39, 0.29) is 12.2 Å². The zero-order chi connectivity index (χ0) is 10.2. The van der Waals surface area contributed by atoms with Crippen molar-refractivity contribution in [3.63, 3.8) is 0 Å². The second-order valence-corrected chi connectivity index (χ2v) is 4.99. The van der Waals surface area contributed by atoms with E-state index in [9.17, 15) is 5.11 Å². The minimum atomic E-state index is -0.670. The van der Waals surface area contributed by atoms with Gasteiger partial charge in [-0.15, -0.1) is 0 Å². The Morgan fingerprint density at radius 1 is 1.43 bits per heavy atom. The molecule has 1 aliphatic rings. The Balaban J connectivity index is 2.22. The van der Waals surface area contributed by atoms with Gasteiger partial charge in [0.15, 0.2) is 0 Å². The van der Waals surface area contributed by atoms with E-state index < -0.39 is 5.60 Å². The van der Waals surface area contributed by atoms with E-state index in [0.717, 1.165) is 5.56 Å². The quantitative estimate of drug-likeness (QED) is 0.775. The van der Waals surface area contributed by atoms with Crippen molar-refractivity contribution in [2.75, 3.05) is 0 Å². The summed E-state index contributed by atoms with van der Waals surface area (Å²) in [6.07, 6.45) is 1.69. The van der Waals surface area contributed by atoms with Crippen LogP contribution in [-0.2, 0) is 10.3 Å². The molecule has 1 saturated heterocycles. The monoisotopic (exact) mass is 212 g/mol. The highest BCUT2D eigenvalue weighted by Crippen LogP contribution is 2.37. The van der Waals surface area contributed by atoms with Crippen molar-refractivity contribution in [2.24, 2.45) is 0 Å². The Morgan fingerprint density at radius 3 is 2.57 bits per heavy atom. The van der Waals surface area contributed by atoms with E-state index in [2.05, 4.69) is 0 Å². The average molecular weight is 212 g/mol. The van der Waals surface area contributed by atoms with Gasteiger partial charge < -0.3 is 9.84 Å². The molecular weight excluding hydrogens is 196 g/mol. The number of thiophene rings is 1. The molecule has 78 valence electrons. The molecule has 0 spiro atoms. The lowest BCUT2D eigenvalue weighted by Gasteiger charge is -2.38. The van der Waals surface area contributed by atoms with Crippen molar-refractivity contribution >= 4 is 11.3 Å². The summed E-state index contributed by atoms with van der Waals surface area (Å²) in [7, 11) is 0. The summed E-state index contributed by atoms with van der Waals surface area (Å²) in [6, 6.07) is 2.01. The topological polar surface area (TPSA) is 29.5 Å². The van der Waals surface area contributed by atoms with Gasteiger partial charge in [-0.1, -0.05) is 0 Å². The molecule has 3 heteroatoms. The van der Waals surface area contributed by atoms with Gasteiger partial charge in [0, 0.05) is 12.8 Å². The lowest BCUT2D eigenvalue weighted by Crippen LogP contribution is -2.40. The fraction of sp³-hybridized carbons (Fsp3) is 0.636. The number of rotatable bonds is 1. The van der Waals surface area contributed by atoms with Crippen molar-refractivity contribution in [3.05, 3.63) is 22.4 Å². The van der Waals surface area contributed by atoms with E-state index in [1.165, 1.54) is 0 Å². The highest BCUT2D eigenvalue weighted by molar-refractivity contribution is 7.08. The van der Waals surface area contributed by atoms with E-state index in [1.54, 1.807) is 11.3 Å². The van der Waals surface area contributed by atoms with Crippen LogP contribution in [0.25, 0.3) is 0 Å². The predicted molar refractivity (Wildman–Crippen MR) is 57.5 cm³/mol. The summed E-state index contributed by atoms with van der Waals surface area (Å²) in [6.45, 7) is 4.04. The van der Waals surface area contributed by atoms with Crippen LogP contribution in [0.5, 0.6) is 0 Å². The van der Waals surface area contributed by atoms with Crippen molar-refractivity contribution < 1.29 is 9.84 Å². The van der Waals surface area contributed by atoms with Gasteiger partial charge in [0.1, 0.15) is 0 Å². The van der Waals surface area contributed by atoms with Crippen LogP contribution in [0.4, 0.5) is 0 Å². The number of hydrogen-bond donors (Lipinski definition) is 1. The molecule has 0 radical (unpaired) electrons. The minimum absolute atomic E-state index is 0.142. The van der Waals surface area contributed by atoms with Crippen LogP contribution in [0, 0.1) is 0 Å². The van der Waals surface area contributed by atoms with Crippen molar-refractivity contribution in [1.29, 1.82) is 0 Å². The molecule has 0 amide bonds. The highest BCUT2D eigenvalue weighted by atomic mass is 32.1. The van der Waals surface area contributed by atoms with E-state index in [0.29, 0.717) is 12.8 Å². The van der Waals surface area contributed by atoms with Crippen molar-refractivity contribution in [1.82, 2.24) is 0 Å². The van der Waals surface area contributed by atoms with Crippen LogP contribution in [-0.4, -0.2) is 17.3 Å². The zero-order valence-electron chi connectivity index (χ0n) is 8.56. The molecule has 14 heavy (non-hydrogen) atoms. The molecule has 2 rings (SSSR count). The van der Waals surface area contributed by atoms with Crippen LogP contribution >= 0.6 is 11.3 Å². The molecule has 0 aromatic carbocycles. The minimum Gasteiger partial charge on any atom is -0.385 e. The average Bonchev–Trinajstić information content (AvgIpc) is 2.52. The van der Waals surface area contributed by atoms with Gasteiger partial charge in [-0.25, -0.2) is 0 Å². The molecule has 0 bridgehead atoms. The fourth-order valence-corrected chi connectivity index (χ4v) is 3.04. The first kappa shape index (κ1) is 10.1. The summed E-state index contributed by atoms with van der Waals surface area (Å²) in [5, 5.41) is 14.5. The first-order valence-corrected chi connectivity index (χ1v) is 5.95. The molecule has 1 aromatic rings. The lowest BCUT2D eigenvalue weighted by atomic mass is 9.83. The molecule has 1 N–H and O–H groups in total. The Labute approximate surface area is 88.5 Å². The smallest absolute Gasteiger partial charge is 0.0953 e. The van der Waals surface area contributed by atoms with E-state index in [4.69, 9.17) is 4.74 Å². The standard InChI is InChI=1S/C11H16O2S/c1-8-5-11(12,6-9(2)13-8)10-3-4-14-7-10/h3-4,7-9,12H,5-6H2,1-2H3. The largest absolute Gasteiger partial charge is 0.385 e. The Kier molecular flexibility index (Phi) is 2.64. The van der Waals surface area contributed by atoms with Gasteiger partial charge >= 0.3 is 0 Å². The van der Waals surface area contributed by atoms with Crippen LogP contribution in [0.1, 0.15) is 32.3 Å². The molecule has 2 nitrogen and oxygen atoms in total. The molecule has 2 heterocycles.